The van der Waals surface area contributed by atoms with E-state index in [-0.39, 0.29) is 11.7 Å². The Bertz CT molecular complexity index is 1190. The molecule has 7 heteroatoms. The molecule has 0 radical (unpaired) electrons. The summed E-state index contributed by atoms with van der Waals surface area (Å²) in [4.78, 5) is 21.2. The number of hydrogen-bond donors (Lipinski definition) is 1. The number of hydrogen-bond acceptors (Lipinski definition) is 5. The minimum absolute atomic E-state index is 0.193. The summed E-state index contributed by atoms with van der Waals surface area (Å²) in [6.07, 6.45) is 5.16. The Hall–Kier alpha value is -3.71. The molecular weight excluding hydrogens is 437 g/mol. The first-order valence-corrected chi connectivity index (χ1v) is 11.4. The maximum atomic E-state index is 13.1. The summed E-state index contributed by atoms with van der Waals surface area (Å²) < 4.78 is 18.9. The second kappa shape index (κ2) is 11.2. The highest BCUT2D eigenvalue weighted by Gasteiger charge is 2.13. The fourth-order valence-corrected chi connectivity index (χ4v) is 3.99. The van der Waals surface area contributed by atoms with Crippen molar-refractivity contribution in [2.45, 2.75) is 23.9 Å². The Morgan fingerprint density at radius 2 is 1.67 bits per heavy atom. The first kappa shape index (κ1) is 22.5. The van der Waals surface area contributed by atoms with Crippen molar-refractivity contribution in [3.8, 4) is 5.75 Å². The van der Waals surface area contributed by atoms with E-state index in [1.807, 2.05) is 36.4 Å². The van der Waals surface area contributed by atoms with Crippen LogP contribution in [-0.2, 0) is 18.9 Å². The third-order valence-electron chi connectivity index (χ3n) is 4.81. The van der Waals surface area contributed by atoms with E-state index in [4.69, 9.17) is 4.74 Å². The van der Waals surface area contributed by atoms with Crippen LogP contribution in [0.4, 0.5) is 4.39 Å². The molecule has 2 aromatic heterocycles. The van der Waals surface area contributed by atoms with Gasteiger partial charge in [0.1, 0.15) is 23.2 Å². The molecule has 0 aliphatic carbocycles. The van der Waals surface area contributed by atoms with Crippen LogP contribution >= 0.6 is 11.8 Å². The first-order valence-electron chi connectivity index (χ1n) is 10.4. The molecule has 4 aromatic rings. The molecule has 166 valence electrons. The van der Waals surface area contributed by atoms with Crippen LogP contribution in [0.2, 0.25) is 0 Å². The van der Waals surface area contributed by atoms with Gasteiger partial charge in [-0.25, -0.2) is 9.37 Å². The van der Waals surface area contributed by atoms with Crippen LogP contribution in [0, 0.1) is 5.82 Å². The van der Waals surface area contributed by atoms with Crippen molar-refractivity contribution in [3.63, 3.8) is 0 Å². The molecule has 0 saturated heterocycles. The molecule has 0 atom stereocenters. The Balaban J connectivity index is 1.30. The minimum Gasteiger partial charge on any atom is -0.489 e. The summed E-state index contributed by atoms with van der Waals surface area (Å²) >= 11 is 1.45. The molecule has 1 N–H and O–H groups in total. The van der Waals surface area contributed by atoms with Gasteiger partial charge in [0.15, 0.2) is 0 Å². The lowest BCUT2D eigenvalue weighted by atomic mass is 10.2. The van der Waals surface area contributed by atoms with Crippen LogP contribution in [0.3, 0.4) is 0 Å². The minimum atomic E-state index is -0.269. The lowest BCUT2D eigenvalue weighted by Gasteiger charge is -2.10. The molecule has 1 amide bonds. The SMILES string of the molecule is O=C(NCc1ccc(OCc2cccnc2)cc1)c1cccnc1SCc1ccc(F)cc1. The summed E-state index contributed by atoms with van der Waals surface area (Å²) in [5.41, 5.74) is 3.44. The molecule has 0 aliphatic heterocycles. The Morgan fingerprint density at radius 3 is 2.42 bits per heavy atom. The number of thioether (sulfide) groups is 1. The Morgan fingerprint density at radius 1 is 0.909 bits per heavy atom. The van der Waals surface area contributed by atoms with Gasteiger partial charge in [0.2, 0.25) is 0 Å². The van der Waals surface area contributed by atoms with Crippen molar-refractivity contribution in [1.29, 1.82) is 0 Å². The molecule has 0 unspecified atom stereocenters. The predicted molar refractivity (Wildman–Crippen MR) is 126 cm³/mol. The predicted octanol–water partition coefficient (Wildman–Crippen LogP) is 5.42. The Labute approximate surface area is 196 Å². The topological polar surface area (TPSA) is 64.1 Å². The second-order valence-electron chi connectivity index (χ2n) is 7.25. The third kappa shape index (κ3) is 6.63. The first-order chi connectivity index (χ1) is 16.2. The lowest BCUT2D eigenvalue weighted by Crippen LogP contribution is -2.23. The van der Waals surface area contributed by atoms with Crippen molar-refractivity contribution < 1.29 is 13.9 Å². The molecule has 0 fully saturated rings. The van der Waals surface area contributed by atoms with Crippen molar-refractivity contribution in [3.05, 3.63) is 119 Å². The van der Waals surface area contributed by atoms with E-state index >= 15 is 0 Å². The quantitative estimate of drug-likeness (QED) is 0.339. The van der Waals surface area contributed by atoms with E-state index in [0.29, 0.717) is 29.5 Å². The molecule has 2 aromatic carbocycles. The highest BCUT2D eigenvalue weighted by Crippen LogP contribution is 2.24. The standard InChI is InChI=1S/C26H22FN3O2S/c27-22-9-5-20(6-10-22)18-33-26-24(4-2-14-29-26)25(31)30-16-19-7-11-23(12-8-19)32-17-21-3-1-13-28-15-21/h1-15H,16-18H2,(H,30,31). The Kier molecular flexibility index (Phi) is 7.66. The number of aromatic nitrogens is 2. The monoisotopic (exact) mass is 459 g/mol. The van der Waals surface area contributed by atoms with E-state index in [2.05, 4.69) is 15.3 Å². The number of amides is 1. The largest absolute Gasteiger partial charge is 0.489 e. The maximum absolute atomic E-state index is 13.1. The van der Waals surface area contributed by atoms with Crippen molar-refractivity contribution in [1.82, 2.24) is 15.3 Å². The van der Waals surface area contributed by atoms with E-state index in [1.165, 1.54) is 23.9 Å². The zero-order valence-corrected chi connectivity index (χ0v) is 18.6. The second-order valence-corrected chi connectivity index (χ2v) is 8.21. The van der Waals surface area contributed by atoms with Crippen LogP contribution in [0.1, 0.15) is 27.0 Å². The molecule has 5 nitrogen and oxygen atoms in total. The molecular formula is C26H22FN3O2S. The van der Waals surface area contributed by atoms with Gasteiger partial charge in [-0.1, -0.05) is 30.3 Å². The van der Waals surface area contributed by atoms with Crippen LogP contribution < -0.4 is 10.1 Å². The summed E-state index contributed by atoms with van der Waals surface area (Å²) in [5.74, 6) is 0.884. The number of ether oxygens (including phenoxy) is 1. The molecule has 0 saturated carbocycles. The smallest absolute Gasteiger partial charge is 0.254 e. The third-order valence-corrected chi connectivity index (χ3v) is 5.89. The van der Waals surface area contributed by atoms with Gasteiger partial charge >= 0.3 is 0 Å². The number of carbonyl (C=O) groups is 1. The number of carbonyl (C=O) groups excluding carboxylic acids is 1. The number of nitrogens with one attached hydrogen (secondary N) is 1. The number of nitrogens with zero attached hydrogens (tertiary/aromatic N) is 2. The van der Waals surface area contributed by atoms with Gasteiger partial charge in [-0.2, -0.15) is 0 Å². The van der Waals surface area contributed by atoms with Gasteiger partial charge < -0.3 is 10.1 Å². The fraction of sp³-hybridized carbons (Fsp3) is 0.115. The van der Waals surface area contributed by atoms with Gasteiger partial charge in [-0.15, -0.1) is 11.8 Å². The van der Waals surface area contributed by atoms with Crippen LogP contribution in [0.5, 0.6) is 5.75 Å². The van der Waals surface area contributed by atoms with E-state index in [9.17, 15) is 9.18 Å². The normalized spacial score (nSPS) is 10.6. The molecule has 0 aliphatic rings. The fourth-order valence-electron chi connectivity index (χ4n) is 3.04. The van der Waals surface area contributed by atoms with Crippen molar-refractivity contribution >= 4 is 17.7 Å². The van der Waals surface area contributed by atoms with Gasteiger partial charge in [-0.05, 0) is 53.6 Å². The van der Waals surface area contributed by atoms with Crippen molar-refractivity contribution in [2.24, 2.45) is 0 Å². The van der Waals surface area contributed by atoms with Gasteiger partial charge in [0.25, 0.3) is 5.91 Å². The summed E-state index contributed by atoms with van der Waals surface area (Å²) in [6.45, 7) is 0.835. The van der Waals surface area contributed by atoms with E-state index < -0.39 is 0 Å². The average Bonchev–Trinajstić information content (AvgIpc) is 2.87. The van der Waals surface area contributed by atoms with Gasteiger partial charge in [-0.3, -0.25) is 9.78 Å². The number of rotatable bonds is 9. The van der Waals surface area contributed by atoms with Crippen molar-refractivity contribution in [2.75, 3.05) is 0 Å². The van der Waals surface area contributed by atoms with E-state index in [0.717, 1.165) is 22.4 Å². The number of benzene rings is 2. The van der Waals surface area contributed by atoms with Crippen LogP contribution in [0.25, 0.3) is 0 Å². The number of halogens is 1. The summed E-state index contributed by atoms with van der Waals surface area (Å²) in [7, 11) is 0. The highest BCUT2D eigenvalue weighted by molar-refractivity contribution is 7.98. The molecule has 0 spiro atoms. The summed E-state index contributed by atoms with van der Waals surface area (Å²) in [6, 6.07) is 21.3. The lowest BCUT2D eigenvalue weighted by molar-refractivity contribution is 0.0947. The number of pyridine rings is 2. The van der Waals surface area contributed by atoms with Crippen LogP contribution in [0.15, 0.2) is 96.4 Å². The van der Waals surface area contributed by atoms with Gasteiger partial charge in [0.05, 0.1) is 5.56 Å². The highest BCUT2D eigenvalue weighted by atomic mass is 32.2. The molecule has 0 bridgehead atoms. The van der Waals surface area contributed by atoms with Crippen LogP contribution in [-0.4, -0.2) is 15.9 Å². The zero-order chi connectivity index (χ0) is 22.9. The van der Waals surface area contributed by atoms with E-state index in [1.54, 1.807) is 42.9 Å². The summed E-state index contributed by atoms with van der Waals surface area (Å²) in [5, 5.41) is 3.59. The zero-order valence-electron chi connectivity index (χ0n) is 17.8. The molecule has 33 heavy (non-hydrogen) atoms. The van der Waals surface area contributed by atoms with Gasteiger partial charge in [0, 0.05) is 36.5 Å². The molecule has 2 heterocycles. The maximum Gasteiger partial charge on any atom is 0.254 e. The average molecular weight is 460 g/mol. The molecule has 4 rings (SSSR count).